The molecule has 2 rings (SSSR count). The van der Waals surface area contributed by atoms with E-state index in [-0.39, 0.29) is 5.91 Å². The molecule has 0 saturated carbocycles. The molecule has 0 saturated heterocycles. The standard InChI is InChI=1S/C20H21NO2/c1-3-13-21(14-4-2)20(22)18-11-8-12-19(15-18)23-16-17-9-6-5-7-10-17/h3-12,15H,1-2,13-14,16H2. The average molecular weight is 307 g/mol. The number of hydrogen-bond acceptors (Lipinski definition) is 2. The summed E-state index contributed by atoms with van der Waals surface area (Å²) >= 11 is 0. The number of hydrogen-bond donors (Lipinski definition) is 0. The molecular weight excluding hydrogens is 286 g/mol. The van der Waals surface area contributed by atoms with Crippen LogP contribution in [-0.4, -0.2) is 23.9 Å². The van der Waals surface area contributed by atoms with Crippen molar-refractivity contribution in [2.45, 2.75) is 6.61 Å². The fourth-order valence-electron chi connectivity index (χ4n) is 2.19. The molecule has 0 aliphatic heterocycles. The summed E-state index contributed by atoms with van der Waals surface area (Å²) < 4.78 is 5.77. The zero-order valence-electron chi connectivity index (χ0n) is 13.2. The smallest absolute Gasteiger partial charge is 0.254 e. The molecule has 3 heteroatoms. The van der Waals surface area contributed by atoms with Gasteiger partial charge in [-0.15, -0.1) is 13.2 Å². The molecule has 0 N–H and O–H groups in total. The molecule has 23 heavy (non-hydrogen) atoms. The number of rotatable bonds is 8. The summed E-state index contributed by atoms with van der Waals surface area (Å²) in [5, 5.41) is 0. The van der Waals surface area contributed by atoms with Gasteiger partial charge in [0.2, 0.25) is 0 Å². The van der Waals surface area contributed by atoms with Crippen LogP contribution in [0.4, 0.5) is 0 Å². The lowest BCUT2D eigenvalue weighted by atomic mass is 10.2. The summed E-state index contributed by atoms with van der Waals surface area (Å²) in [6, 6.07) is 17.2. The molecule has 2 aromatic carbocycles. The molecule has 0 atom stereocenters. The van der Waals surface area contributed by atoms with Gasteiger partial charge in [0.15, 0.2) is 0 Å². The molecule has 0 heterocycles. The topological polar surface area (TPSA) is 29.5 Å². The number of amides is 1. The summed E-state index contributed by atoms with van der Waals surface area (Å²) in [4.78, 5) is 14.2. The third-order valence-electron chi connectivity index (χ3n) is 3.32. The minimum Gasteiger partial charge on any atom is -0.489 e. The van der Waals surface area contributed by atoms with E-state index in [2.05, 4.69) is 13.2 Å². The molecular formula is C20H21NO2. The molecule has 3 nitrogen and oxygen atoms in total. The van der Waals surface area contributed by atoms with Crippen LogP contribution in [-0.2, 0) is 6.61 Å². The molecule has 0 aliphatic carbocycles. The van der Waals surface area contributed by atoms with E-state index < -0.39 is 0 Å². The normalized spacial score (nSPS) is 9.91. The number of ether oxygens (including phenoxy) is 1. The molecule has 0 fully saturated rings. The molecule has 0 unspecified atom stereocenters. The molecule has 0 aliphatic rings. The molecule has 1 amide bonds. The number of carbonyl (C=O) groups excluding carboxylic acids is 1. The van der Waals surface area contributed by atoms with Crippen LogP contribution in [0.2, 0.25) is 0 Å². The molecule has 0 spiro atoms. The van der Waals surface area contributed by atoms with Crippen molar-refractivity contribution in [3.05, 3.63) is 91.0 Å². The first-order valence-electron chi connectivity index (χ1n) is 7.52. The molecule has 0 bridgehead atoms. The minimum atomic E-state index is -0.0602. The van der Waals surface area contributed by atoms with Crippen molar-refractivity contribution in [2.75, 3.05) is 13.1 Å². The minimum absolute atomic E-state index is 0.0602. The highest BCUT2D eigenvalue weighted by Crippen LogP contribution is 2.17. The van der Waals surface area contributed by atoms with Crippen LogP contribution in [0.3, 0.4) is 0 Å². The Morgan fingerprint density at radius 3 is 2.35 bits per heavy atom. The fraction of sp³-hybridized carbons (Fsp3) is 0.150. The SMILES string of the molecule is C=CCN(CC=C)C(=O)c1cccc(OCc2ccccc2)c1. The van der Waals surface area contributed by atoms with Crippen LogP contribution >= 0.6 is 0 Å². The van der Waals surface area contributed by atoms with Crippen LogP contribution < -0.4 is 4.74 Å². The zero-order valence-corrected chi connectivity index (χ0v) is 13.2. The predicted octanol–water partition coefficient (Wildman–Crippen LogP) is 4.08. The van der Waals surface area contributed by atoms with E-state index in [1.807, 2.05) is 42.5 Å². The zero-order chi connectivity index (χ0) is 16.5. The van der Waals surface area contributed by atoms with E-state index >= 15 is 0 Å². The van der Waals surface area contributed by atoms with E-state index in [1.54, 1.807) is 29.2 Å². The van der Waals surface area contributed by atoms with E-state index in [0.29, 0.717) is 31.0 Å². The van der Waals surface area contributed by atoms with Crippen LogP contribution in [0, 0.1) is 0 Å². The van der Waals surface area contributed by atoms with Crippen LogP contribution in [0.25, 0.3) is 0 Å². The highest BCUT2D eigenvalue weighted by Gasteiger charge is 2.13. The highest BCUT2D eigenvalue weighted by molar-refractivity contribution is 5.94. The van der Waals surface area contributed by atoms with Gasteiger partial charge in [-0.25, -0.2) is 0 Å². The maximum atomic E-state index is 12.5. The van der Waals surface area contributed by atoms with Gasteiger partial charge >= 0.3 is 0 Å². The lowest BCUT2D eigenvalue weighted by Gasteiger charge is -2.19. The monoisotopic (exact) mass is 307 g/mol. The lowest BCUT2D eigenvalue weighted by molar-refractivity contribution is 0.0790. The van der Waals surface area contributed by atoms with Gasteiger partial charge in [0.25, 0.3) is 5.91 Å². The van der Waals surface area contributed by atoms with Crippen molar-refractivity contribution >= 4 is 5.91 Å². The van der Waals surface area contributed by atoms with E-state index in [0.717, 1.165) is 5.56 Å². The maximum Gasteiger partial charge on any atom is 0.254 e. The molecule has 0 radical (unpaired) electrons. The summed E-state index contributed by atoms with van der Waals surface area (Å²) in [6.07, 6.45) is 3.41. The van der Waals surface area contributed by atoms with Gasteiger partial charge in [0.05, 0.1) is 0 Å². The lowest BCUT2D eigenvalue weighted by Crippen LogP contribution is -2.31. The van der Waals surface area contributed by atoms with E-state index in [1.165, 1.54) is 0 Å². The van der Waals surface area contributed by atoms with Crippen molar-refractivity contribution in [2.24, 2.45) is 0 Å². The number of carbonyl (C=O) groups is 1. The van der Waals surface area contributed by atoms with Crippen LogP contribution in [0.5, 0.6) is 5.75 Å². The van der Waals surface area contributed by atoms with Gasteiger partial charge in [0, 0.05) is 18.7 Å². The van der Waals surface area contributed by atoms with Crippen molar-refractivity contribution in [3.8, 4) is 5.75 Å². The van der Waals surface area contributed by atoms with Crippen LogP contribution in [0.1, 0.15) is 15.9 Å². The van der Waals surface area contributed by atoms with Crippen molar-refractivity contribution < 1.29 is 9.53 Å². The number of nitrogens with zero attached hydrogens (tertiary/aromatic N) is 1. The quantitative estimate of drug-likeness (QED) is 0.688. The van der Waals surface area contributed by atoms with E-state index in [4.69, 9.17) is 4.74 Å². The Morgan fingerprint density at radius 2 is 1.70 bits per heavy atom. The highest BCUT2D eigenvalue weighted by atomic mass is 16.5. The summed E-state index contributed by atoms with van der Waals surface area (Å²) in [5.74, 6) is 0.617. The van der Waals surface area contributed by atoms with Gasteiger partial charge < -0.3 is 9.64 Å². The molecule has 118 valence electrons. The molecule has 0 aromatic heterocycles. The Bertz CT molecular complexity index is 654. The first kappa shape index (κ1) is 16.6. The Balaban J connectivity index is 2.07. The maximum absolute atomic E-state index is 12.5. The van der Waals surface area contributed by atoms with Gasteiger partial charge in [0.1, 0.15) is 12.4 Å². The first-order valence-corrected chi connectivity index (χ1v) is 7.52. The summed E-state index contributed by atoms with van der Waals surface area (Å²) in [6.45, 7) is 8.82. The van der Waals surface area contributed by atoms with Crippen LogP contribution in [0.15, 0.2) is 79.9 Å². The summed E-state index contributed by atoms with van der Waals surface area (Å²) in [5.41, 5.74) is 1.68. The van der Waals surface area contributed by atoms with Crippen molar-refractivity contribution in [1.82, 2.24) is 4.90 Å². The Kier molecular flexibility index (Phi) is 6.18. The third-order valence-corrected chi connectivity index (χ3v) is 3.32. The largest absolute Gasteiger partial charge is 0.489 e. The predicted molar refractivity (Wildman–Crippen MR) is 93.5 cm³/mol. The summed E-state index contributed by atoms with van der Waals surface area (Å²) in [7, 11) is 0. The average Bonchev–Trinajstić information content (AvgIpc) is 2.60. The van der Waals surface area contributed by atoms with Crippen molar-refractivity contribution in [1.29, 1.82) is 0 Å². The Hall–Kier alpha value is -2.81. The second-order valence-corrected chi connectivity index (χ2v) is 5.09. The van der Waals surface area contributed by atoms with Gasteiger partial charge in [-0.3, -0.25) is 4.79 Å². The number of benzene rings is 2. The van der Waals surface area contributed by atoms with Gasteiger partial charge in [-0.2, -0.15) is 0 Å². The first-order chi connectivity index (χ1) is 11.2. The Labute approximate surface area is 137 Å². The second kappa shape index (κ2) is 8.59. The second-order valence-electron chi connectivity index (χ2n) is 5.09. The fourth-order valence-corrected chi connectivity index (χ4v) is 2.19. The molecule has 2 aromatic rings. The third kappa shape index (κ3) is 4.85. The Morgan fingerprint density at radius 1 is 1.00 bits per heavy atom. The van der Waals surface area contributed by atoms with Gasteiger partial charge in [-0.05, 0) is 23.8 Å². The van der Waals surface area contributed by atoms with E-state index in [9.17, 15) is 4.79 Å². The van der Waals surface area contributed by atoms with Crippen molar-refractivity contribution in [3.63, 3.8) is 0 Å². The van der Waals surface area contributed by atoms with Gasteiger partial charge in [-0.1, -0.05) is 48.6 Å².